The zero-order chi connectivity index (χ0) is 22.7. The van der Waals surface area contributed by atoms with Crippen molar-refractivity contribution in [2.45, 2.75) is 57.0 Å². The third-order valence-electron chi connectivity index (χ3n) is 3.77. The van der Waals surface area contributed by atoms with Gasteiger partial charge in [0.1, 0.15) is 18.1 Å². The van der Waals surface area contributed by atoms with Crippen molar-refractivity contribution in [3.63, 3.8) is 0 Å². The van der Waals surface area contributed by atoms with Crippen LogP contribution in [0.2, 0.25) is 0 Å². The lowest BCUT2D eigenvalue weighted by Crippen LogP contribution is -2.59. The molecule has 0 aliphatic carbocycles. The first-order valence-electron chi connectivity index (χ1n) is 8.69. The summed E-state index contributed by atoms with van der Waals surface area (Å²) in [4.78, 5) is 58.6. The van der Waals surface area contributed by atoms with Gasteiger partial charge in [-0.05, 0) is 32.3 Å². The summed E-state index contributed by atoms with van der Waals surface area (Å²) in [5, 5.41) is 34.1. The van der Waals surface area contributed by atoms with Crippen molar-refractivity contribution in [1.29, 1.82) is 0 Å². The molecular formula is C16H28N4O8S. The Morgan fingerprint density at radius 1 is 0.966 bits per heavy atom. The topological polar surface area (TPSA) is 208 Å². The molecule has 0 saturated heterocycles. The average Bonchev–Trinajstić information content (AvgIpc) is 2.62. The van der Waals surface area contributed by atoms with Gasteiger partial charge in [0.25, 0.3) is 0 Å². The number of aliphatic hydroxyl groups is 1. The van der Waals surface area contributed by atoms with E-state index in [2.05, 4.69) is 16.0 Å². The van der Waals surface area contributed by atoms with E-state index in [1.807, 2.05) is 6.26 Å². The molecule has 166 valence electrons. The number of nitrogens with one attached hydrogen (secondary N) is 3. The smallest absolute Gasteiger partial charge is 0.325 e. The van der Waals surface area contributed by atoms with Crippen molar-refractivity contribution in [3.8, 4) is 0 Å². The molecule has 0 saturated carbocycles. The second kappa shape index (κ2) is 13.0. The molecule has 29 heavy (non-hydrogen) atoms. The van der Waals surface area contributed by atoms with E-state index >= 15 is 0 Å². The quantitative estimate of drug-likeness (QED) is 0.161. The third-order valence-corrected chi connectivity index (χ3v) is 4.42. The van der Waals surface area contributed by atoms with Crippen LogP contribution in [0.15, 0.2) is 0 Å². The number of hydrogen-bond donors (Lipinski definition) is 7. The Labute approximate surface area is 172 Å². The molecule has 5 atom stereocenters. The lowest BCUT2D eigenvalue weighted by molar-refractivity contribution is -0.143. The number of carboxylic acid groups (broad SMARTS) is 2. The van der Waals surface area contributed by atoms with Crippen LogP contribution in [0.5, 0.6) is 0 Å². The van der Waals surface area contributed by atoms with Crippen molar-refractivity contribution in [2.24, 2.45) is 5.73 Å². The van der Waals surface area contributed by atoms with Crippen LogP contribution < -0.4 is 21.7 Å². The Morgan fingerprint density at radius 3 is 2.00 bits per heavy atom. The molecule has 0 aliphatic heterocycles. The summed E-state index contributed by atoms with van der Waals surface area (Å²) in [5.41, 5.74) is 5.70. The number of carboxylic acids is 2. The van der Waals surface area contributed by atoms with Gasteiger partial charge >= 0.3 is 11.9 Å². The second-order valence-corrected chi connectivity index (χ2v) is 7.33. The Morgan fingerprint density at radius 2 is 1.55 bits per heavy atom. The minimum absolute atomic E-state index is 0.306. The Balaban J connectivity index is 5.24. The van der Waals surface area contributed by atoms with E-state index in [4.69, 9.17) is 15.9 Å². The van der Waals surface area contributed by atoms with E-state index in [9.17, 15) is 29.1 Å². The summed E-state index contributed by atoms with van der Waals surface area (Å²) >= 11 is 1.46. The highest BCUT2D eigenvalue weighted by Gasteiger charge is 2.32. The molecule has 0 radical (unpaired) electrons. The van der Waals surface area contributed by atoms with Gasteiger partial charge in [0.05, 0.1) is 18.6 Å². The fraction of sp³-hybridized carbons (Fsp3) is 0.688. The van der Waals surface area contributed by atoms with Gasteiger partial charge in [-0.25, -0.2) is 0 Å². The number of aliphatic carboxylic acids is 2. The molecule has 8 N–H and O–H groups in total. The summed E-state index contributed by atoms with van der Waals surface area (Å²) in [7, 11) is 0. The van der Waals surface area contributed by atoms with Gasteiger partial charge in [-0.1, -0.05) is 0 Å². The number of aliphatic hydroxyl groups excluding tert-OH is 1. The molecular weight excluding hydrogens is 408 g/mol. The van der Waals surface area contributed by atoms with Crippen LogP contribution in [-0.2, 0) is 24.0 Å². The van der Waals surface area contributed by atoms with Gasteiger partial charge in [-0.2, -0.15) is 11.8 Å². The van der Waals surface area contributed by atoms with Crippen molar-refractivity contribution in [2.75, 3.05) is 12.0 Å². The second-order valence-electron chi connectivity index (χ2n) is 6.34. The lowest BCUT2D eigenvalue weighted by Gasteiger charge is -2.25. The van der Waals surface area contributed by atoms with E-state index in [0.717, 1.165) is 0 Å². The summed E-state index contributed by atoms with van der Waals surface area (Å²) in [6, 6.07) is -5.36. The number of nitrogens with two attached hydrogens (primary N) is 1. The number of hydrogen-bond acceptors (Lipinski definition) is 8. The maximum atomic E-state index is 12.4. The van der Waals surface area contributed by atoms with E-state index in [0.29, 0.717) is 12.2 Å². The highest BCUT2D eigenvalue weighted by atomic mass is 32.2. The molecule has 0 bridgehead atoms. The van der Waals surface area contributed by atoms with Crippen molar-refractivity contribution in [3.05, 3.63) is 0 Å². The molecule has 0 spiro atoms. The molecule has 0 aromatic rings. The van der Waals surface area contributed by atoms with Crippen LogP contribution in [0.25, 0.3) is 0 Å². The summed E-state index contributed by atoms with van der Waals surface area (Å²) < 4.78 is 0. The molecule has 5 unspecified atom stereocenters. The summed E-state index contributed by atoms with van der Waals surface area (Å²) in [5.74, 6) is -4.90. The SMILES string of the molecule is CSCCC(N)C(=O)NC(CC(=O)O)C(=O)NC(C(=O)NC(C)C(=O)O)C(C)O. The highest BCUT2D eigenvalue weighted by molar-refractivity contribution is 7.98. The number of carbonyl (C=O) groups excluding carboxylic acids is 3. The summed E-state index contributed by atoms with van der Waals surface area (Å²) in [6.45, 7) is 2.36. The zero-order valence-electron chi connectivity index (χ0n) is 16.4. The molecule has 0 aromatic heterocycles. The standard InChI is InChI=1S/C16H28N4O8S/c1-7(16(27)28)18-15(26)12(8(2)21)20-14(25)10(6-11(22)23)19-13(24)9(17)4-5-29-3/h7-10,12,21H,4-6,17H2,1-3H3,(H,18,26)(H,19,24)(H,20,25)(H,22,23)(H,27,28). The first kappa shape index (κ1) is 26.6. The summed E-state index contributed by atoms with van der Waals surface area (Å²) in [6.07, 6.45) is -0.0882. The fourth-order valence-corrected chi connectivity index (χ4v) is 2.55. The number of amides is 3. The molecule has 3 amide bonds. The molecule has 13 heteroatoms. The van der Waals surface area contributed by atoms with Crippen molar-refractivity contribution >= 4 is 41.4 Å². The molecule has 0 heterocycles. The third kappa shape index (κ3) is 10.1. The molecule has 0 aromatic carbocycles. The predicted molar refractivity (Wildman–Crippen MR) is 104 cm³/mol. The maximum absolute atomic E-state index is 12.4. The van der Waals surface area contributed by atoms with Crippen molar-refractivity contribution in [1.82, 2.24) is 16.0 Å². The van der Waals surface area contributed by atoms with Crippen LogP contribution in [-0.4, -0.2) is 87.3 Å². The van der Waals surface area contributed by atoms with Gasteiger partial charge in [-0.15, -0.1) is 0 Å². The molecule has 0 rings (SSSR count). The normalized spacial score (nSPS) is 15.9. The first-order valence-corrected chi connectivity index (χ1v) is 10.1. The Bertz CT molecular complexity index is 616. The van der Waals surface area contributed by atoms with Gasteiger partial charge < -0.3 is 37.0 Å². The minimum Gasteiger partial charge on any atom is -0.481 e. The molecule has 12 nitrogen and oxygen atoms in total. The number of rotatable bonds is 13. The van der Waals surface area contributed by atoms with Crippen LogP contribution in [0.4, 0.5) is 0 Å². The Hall–Kier alpha value is -2.38. The minimum atomic E-state index is -1.57. The monoisotopic (exact) mass is 436 g/mol. The van der Waals surface area contributed by atoms with Crippen LogP contribution >= 0.6 is 11.8 Å². The number of carbonyl (C=O) groups is 5. The fourth-order valence-electron chi connectivity index (χ4n) is 2.06. The highest BCUT2D eigenvalue weighted by Crippen LogP contribution is 2.02. The number of thioether (sulfide) groups is 1. The molecule has 0 aliphatic rings. The van der Waals surface area contributed by atoms with Gasteiger partial charge in [0.15, 0.2) is 0 Å². The zero-order valence-corrected chi connectivity index (χ0v) is 17.2. The van der Waals surface area contributed by atoms with Gasteiger partial charge in [-0.3, -0.25) is 24.0 Å². The average molecular weight is 436 g/mol. The van der Waals surface area contributed by atoms with Crippen LogP contribution in [0.1, 0.15) is 26.7 Å². The van der Waals surface area contributed by atoms with Crippen LogP contribution in [0.3, 0.4) is 0 Å². The lowest BCUT2D eigenvalue weighted by atomic mass is 10.1. The van der Waals surface area contributed by atoms with Crippen molar-refractivity contribution < 1.29 is 39.3 Å². The maximum Gasteiger partial charge on any atom is 0.325 e. The van der Waals surface area contributed by atoms with E-state index in [1.54, 1.807) is 0 Å². The van der Waals surface area contributed by atoms with Crippen LogP contribution in [0, 0.1) is 0 Å². The van der Waals surface area contributed by atoms with Gasteiger partial charge in [0, 0.05) is 0 Å². The predicted octanol–water partition coefficient (Wildman–Crippen LogP) is -2.52. The van der Waals surface area contributed by atoms with E-state index in [1.165, 1.54) is 25.6 Å². The van der Waals surface area contributed by atoms with Gasteiger partial charge in [0.2, 0.25) is 17.7 Å². The Kier molecular flexibility index (Phi) is 11.9. The largest absolute Gasteiger partial charge is 0.481 e. The van der Waals surface area contributed by atoms with E-state index in [-0.39, 0.29) is 0 Å². The van der Waals surface area contributed by atoms with E-state index < -0.39 is 66.4 Å². The first-order chi connectivity index (χ1) is 13.4. The molecule has 0 fully saturated rings.